The van der Waals surface area contributed by atoms with Crippen molar-refractivity contribution in [1.82, 2.24) is 35.7 Å². The monoisotopic (exact) mass is 566 g/mol. The highest BCUT2D eigenvalue weighted by molar-refractivity contribution is 7.99. The number of anilines is 1. The molecule has 1 aromatic heterocycles. The number of alkyl halides is 3. The van der Waals surface area contributed by atoms with E-state index in [-0.39, 0.29) is 22.3 Å². The maximum atomic E-state index is 12.7. The average molecular weight is 567 g/mol. The predicted molar refractivity (Wildman–Crippen MR) is 143 cm³/mol. The number of tetrazole rings is 1. The number of aromatic nitrogens is 4. The Hall–Kier alpha value is -3.17. The van der Waals surface area contributed by atoms with E-state index in [1.54, 1.807) is 24.3 Å². The lowest BCUT2D eigenvalue weighted by atomic mass is 9.77. The van der Waals surface area contributed by atoms with Crippen molar-refractivity contribution >= 4 is 29.3 Å². The molecule has 0 aliphatic carbocycles. The minimum absolute atomic E-state index is 0.0138. The van der Waals surface area contributed by atoms with Crippen molar-refractivity contribution in [2.75, 3.05) is 18.1 Å². The lowest BCUT2D eigenvalue weighted by Gasteiger charge is -2.54. The van der Waals surface area contributed by atoms with Crippen LogP contribution in [0.25, 0.3) is 5.69 Å². The predicted octanol–water partition coefficient (Wildman–Crippen LogP) is 2.62. The van der Waals surface area contributed by atoms with Crippen LogP contribution in [-0.4, -0.2) is 79.2 Å². The molecule has 0 bridgehead atoms. The molecule has 1 fully saturated rings. The van der Waals surface area contributed by atoms with Crippen molar-refractivity contribution in [3.8, 4) is 5.69 Å². The zero-order chi connectivity index (χ0) is 28.6. The average Bonchev–Trinajstić information content (AvgIpc) is 3.29. The first-order chi connectivity index (χ1) is 18.1. The van der Waals surface area contributed by atoms with Gasteiger partial charge in [-0.3, -0.25) is 15.0 Å². The molecule has 1 amide bonds. The third-order valence-corrected chi connectivity index (χ3v) is 8.05. The highest BCUT2D eigenvalue weighted by atomic mass is 32.2. The van der Waals surface area contributed by atoms with E-state index in [9.17, 15) is 18.0 Å². The number of hydrogen-bond donors (Lipinski definition) is 4. The van der Waals surface area contributed by atoms with Crippen LogP contribution in [0.5, 0.6) is 0 Å². The first-order valence-corrected chi connectivity index (χ1v) is 13.3. The third-order valence-electron chi connectivity index (χ3n) is 7.06. The molecule has 15 heteroatoms. The summed E-state index contributed by atoms with van der Waals surface area (Å²) in [4.78, 5) is 19.2. The number of piperidine rings is 1. The number of nitrogens with two attached hydrogens (primary N) is 1. The molecule has 0 spiro atoms. The Morgan fingerprint density at radius 1 is 1.23 bits per heavy atom. The van der Waals surface area contributed by atoms with Crippen molar-refractivity contribution in [2.24, 2.45) is 10.7 Å². The first kappa shape index (κ1) is 28.8. The van der Waals surface area contributed by atoms with Gasteiger partial charge >= 0.3 is 6.18 Å². The smallest absolute Gasteiger partial charge is 0.366 e. The van der Waals surface area contributed by atoms with E-state index < -0.39 is 24.0 Å². The Morgan fingerprint density at radius 2 is 1.92 bits per heavy atom. The molecular weight excluding hydrogens is 533 g/mol. The van der Waals surface area contributed by atoms with Crippen LogP contribution in [0.1, 0.15) is 40.5 Å². The highest BCUT2D eigenvalue weighted by Gasteiger charge is 2.44. The van der Waals surface area contributed by atoms with E-state index in [1.807, 2.05) is 0 Å². The van der Waals surface area contributed by atoms with Gasteiger partial charge in [0, 0.05) is 29.0 Å². The van der Waals surface area contributed by atoms with Gasteiger partial charge in [-0.15, -0.1) is 5.10 Å². The summed E-state index contributed by atoms with van der Waals surface area (Å²) >= 11 is 0.499. The number of carbonyl (C=O) groups is 1. The molecule has 3 heterocycles. The summed E-state index contributed by atoms with van der Waals surface area (Å²) < 4.78 is 39.3. The van der Waals surface area contributed by atoms with Gasteiger partial charge in [-0.25, -0.2) is 4.99 Å². The van der Waals surface area contributed by atoms with Crippen LogP contribution in [0.2, 0.25) is 0 Å². The molecule has 0 saturated carbocycles. The van der Waals surface area contributed by atoms with Gasteiger partial charge in [0.25, 0.3) is 0 Å². The standard InChI is InChI=1S/C24H33F3N10OS/c1-22(2)10-15(11-23(3,4)36(22)5)30-19-17(18(28)38)12-29-20(32-19)31-14-7-6-8-16(9-14)37-21(33-34-35-37)39-13-24(25,26)27/h6-9,12,15,19,30H,10-11,13H2,1-5H3,(H2,28,38)(H2,29,31,32). The van der Waals surface area contributed by atoms with Gasteiger partial charge in [0.2, 0.25) is 17.0 Å². The SMILES string of the molecule is CN1C(C)(C)CC(NC2N=C(Nc3cccc(-n4nnnc4SCC(F)(F)F)c3)NC=C2C(N)=O)CC1(C)C. The van der Waals surface area contributed by atoms with Crippen molar-refractivity contribution < 1.29 is 18.0 Å². The summed E-state index contributed by atoms with van der Waals surface area (Å²) in [6, 6.07) is 6.91. The fraction of sp³-hybridized carbons (Fsp3) is 0.542. The fourth-order valence-electron chi connectivity index (χ4n) is 5.00. The second-order valence-electron chi connectivity index (χ2n) is 10.9. The van der Waals surface area contributed by atoms with E-state index >= 15 is 0 Å². The number of nitrogens with one attached hydrogen (secondary N) is 3. The van der Waals surface area contributed by atoms with Crippen LogP contribution in [0.4, 0.5) is 18.9 Å². The van der Waals surface area contributed by atoms with Crippen molar-refractivity contribution in [2.45, 2.75) is 75.2 Å². The Labute approximate surface area is 228 Å². The quantitative estimate of drug-likeness (QED) is 0.373. The molecule has 2 aliphatic heterocycles. The molecule has 2 aliphatic rings. The molecule has 4 rings (SSSR count). The number of hydrogen-bond acceptors (Lipinski definition) is 10. The molecule has 2 aromatic rings. The number of guanidine groups is 1. The van der Waals surface area contributed by atoms with Gasteiger partial charge < -0.3 is 16.4 Å². The first-order valence-electron chi connectivity index (χ1n) is 12.3. The van der Waals surface area contributed by atoms with Crippen LogP contribution >= 0.6 is 11.8 Å². The highest BCUT2D eigenvalue weighted by Crippen LogP contribution is 2.37. The molecule has 5 N–H and O–H groups in total. The zero-order valence-corrected chi connectivity index (χ0v) is 23.2. The van der Waals surface area contributed by atoms with Crippen LogP contribution in [0, 0.1) is 0 Å². The zero-order valence-electron chi connectivity index (χ0n) is 22.4. The molecule has 1 saturated heterocycles. The third kappa shape index (κ3) is 6.89. The molecular formula is C24H33F3N10OS. The minimum Gasteiger partial charge on any atom is -0.366 e. The van der Waals surface area contributed by atoms with E-state index in [1.165, 1.54) is 10.9 Å². The number of amides is 1. The van der Waals surface area contributed by atoms with Gasteiger partial charge in [0.05, 0.1) is 17.0 Å². The van der Waals surface area contributed by atoms with E-state index in [0.717, 1.165) is 12.8 Å². The van der Waals surface area contributed by atoms with Crippen molar-refractivity contribution in [1.29, 1.82) is 0 Å². The molecule has 1 unspecified atom stereocenters. The van der Waals surface area contributed by atoms with Crippen molar-refractivity contribution in [3.63, 3.8) is 0 Å². The summed E-state index contributed by atoms with van der Waals surface area (Å²) in [6.07, 6.45) is -1.79. The number of benzene rings is 1. The van der Waals surface area contributed by atoms with Crippen LogP contribution in [-0.2, 0) is 4.79 Å². The number of rotatable bonds is 7. The van der Waals surface area contributed by atoms with Gasteiger partial charge in [0.1, 0.15) is 6.17 Å². The molecule has 39 heavy (non-hydrogen) atoms. The number of primary amides is 1. The minimum atomic E-state index is -4.35. The number of likely N-dealkylation sites (tertiary alicyclic amines) is 1. The normalized spacial score (nSPS) is 21.6. The van der Waals surface area contributed by atoms with Gasteiger partial charge in [-0.2, -0.15) is 17.9 Å². The number of nitrogens with zero attached hydrogens (tertiary/aromatic N) is 6. The van der Waals surface area contributed by atoms with Crippen LogP contribution < -0.4 is 21.7 Å². The van der Waals surface area contributed by atoms with Crippen LogP contribution in [0.15, 0.2) is 46.2 Å². The summed E-state index contributed by atoms with van der Waals surface area (Å²) in [6.45, 7) is 8.77. The van der Waals surface area contributed by atoms with Gasteiger partial charge in [0.15, 0.2) is 0 Å². The second-order valence-corrected chi connectivity index (χ2v) is 11.8. The molecule has 1 atom stereocenters. The Kier molecular flexibility index (Phi) is 7.96. The Bertz CT molecular complexity index is 1250. The molecule has 11 nitrogen and oxygen atoms in total. The topological polar surface area (TPSA) is 138 Å². The Balaban J connectivity index is 1.52. The summed E-state index contributed by atoms with van der Waals surface area (Å²) in [7, 11) is 2.12. The molecule has 212 valence electrons. The number of carbonyl (C=O) groups excluding carboxylic acids is 1. The maximum Gasteiger partial charge on any atom is 0.398 e. The summed E-state index contributed by atoms with van der Waals surface area (Å²) in [5.41, 5.74) is 6.87. The van der Waals surface area contributed by atoms with E-state index in [2.05, 4.69) is 76.1 Å². The number of aliphatic imine (C=N–C) groups is 1. The van der Waals surface area contributed by atoms with Gasteiger partial charge in [-0.05, 0) is 76.2 Å². The number of thioether (sulfide) groups is 1. The Morgan fingerprint density at radius 3 is 2.56 bits per heavy atom. The van der Waals surface area contributed by atoms with E-state index in [0.29, 0.717) is 34.7 Å². The maximum absolute atomic E-state index is 12.7. The number of halogens is 3. The second kappa shape index (κ2) is 10.8. The van der Waals surface area contributed by atoms with Crippen molar-refractivity contribution in [3.05, 3.63) is 36.0 Å². The lowest BCUT2D eigenvalue weighted by molar-refractivity contribution is -0.115. The summed E-state index contributed by atoms with van der Waals surface area (Å²) in [5, 5.41) is 20.7. The molecule has 1 aromatic carbocycles. The lowest BCUT2D eigenvalue weighted by Crippen LogP contribution is -2.63. The fourth-order valence-corrected chi connectivity index (χ4v) is 5.66. The van der Waals surface area contributed by atoms with Gasteiger partial charge in [-0.1, -0.05) is 17.8 Å². The van der Waals surface area contributed by atoms with Crippen LogP contribution in [0.3, 0.4) is 0 Å². The largest absolute Gasteiger partial charge is 0.398 e. The molecule has 0 radical (unpaired) electrons. The van der Waals surface area contributed by atoms with E-state index in [4.69, 9.17) is 5.73 Å². The summed E-state index contributed by atoms with van der Waals surface area (Å²) in [5.74, 6) is -1.33.